The second kappa shape index (κ2) is 3.01. The maximum atomic E-state index is 8.93. The SMILES string of the molecule is CC1=C(C#N)c2ccc(Br)cc2C1. The van der Waals surface area contributed by atoms with Gasteiger partial charge in [0.25, 0.3) is 0 Å². The number of rotatable bonds is 0. The molecule has 64 valence electrons. The van der Waals surface area contributed by atoms with E-state index in [2.05, 4.69) is 28.1 Å². The summed E-state index contributed by atoms with van der Waals surface area (Å²) in [5, 5.41) is 8.93. The first-order chi connectivity index (χ1) is 6.22. The Morgan fingerprint density at radius 3 is 2.92 bits per heavy atom. The van der Waals surface area contributed by atoms with Crippen LogP contribution < -0.4 is 0 Å². The Balaban J connectivity index is 2.60. The molecule has 0 N–H and O–H groups in total. The zero-order valence-electron chi connectivity index (χ0n) is 7.26. The molecule has 1 aliphatic rings. The monoisotopic (exact) mass is 233 g/mol. The van der Waals surface area contributed by atoms with Gasteiger partial charge in [-0.15, -0.1) is 0 Å². The van der Waals surface area contributed by atoms with Crippen LogP contribution in [0.3, 0.4) is 0 Å². The molecule has 13 heavy (non-hydrogen) atoms. The zero-order chi connectivity index (χ0) is 9.42. The maximum absolute atomic E-state index is 8.93. The van der Waals surface area contributed by atoms with E-state index < -0.39 is 0 Å². The Labute approximate surface area is 85.8 Å². The van der Waals surface area contributed by atoms with Gasteiger partial charge in [-0.25, -0.2) is 0 Å². The van der Waals surface area contributed by atoms with Gasteiger partial charge < -0.3 is 0 Å². The fourth-order valence-corrected chi connectivity index (χ4v) is 2.12. The molecule has 1 aliphatic carbocycles. The van der Waals surface area contributed by atoms with Crippen LogP contribution >= 0.6 is 15.9 Å². The fourth-order valence-electron chi connectivity index (χ4n) is 1.71. The molecule has 1 aromatic carbocycles. The number of hydrogen-bond acceptors (Lipinski definition) is 1. The third kappa shape index (κ3) is 1.30. The molecule has 0 unspecified atom stereocenters. The van der Waals surface area contributed by atoms with Crippen molar-refractivity contribution in [3.05, 3.63) is 39.4 Å². The average molecular weight is 234 g/mol. The van der Waals surface area contributed by atoms with E-state index in [1.54, 1.807) is 0 Å². The van der Waals surface area contributed by atoms with E-state index in [4.69, 9.17) is 5.26 Å². The molecule has 1 nitrogen and oxygen atoms in total. The van der Waals surface area contributed by atoms with E-state index in [9.17, 15) is 0 Å². The molecule has 0 spiro atoms. The lowest BCUT2D eigenvalue weighted by Crippen LogP contribution is -1.82. The Morgan fingerprint density at radius 1 is 1.46 bits per heavy atom. The van der Waals surface area contributed by atoms with Crippen molar-refractivity contribution in [3.8, 4) is 6.07 Å². The standard InChI is InChI=1S/C11H8BrN/c1-7-4-8-5-9(12)2-3-10(8)11(7)6-13/h2-3,5H,4H2,1H3. The zero-order valence-corrected chi connectivity index (χ0v) is 8.85. The van der Waals surface area contributed by atoms with Crippen molar-refractivity contribution in [2.24, 2.45) is 0 Å². The van der Waals surface area contributed by atoms with Gasteiger partial charge in [-0.1, -0.05) is 27.6 Å². The van der Waals surface area contributed by atoms with E-state index in [0.29, 0.717) is 0 Å². The number of nitrogens with zero attached hydrogens (tertiary/aromatic N) is 1. The summed E-state index contributed by atoms with van der Waals surface area (Å²) in [4.78, 5) is 0. The minimum absolute atomic E-state index is 0.850. The predicted octanol–water partition coefficient (Wildman–Crippen LogP) is 3.30. The predicted molar refractivity (Wildman–Crippen MR) is 56.1 cm³/mol. The van der Waals surface area contributed by atoms with Gasteiger partial charge >= 0.3 is 0 Å². The van der Waals surface area contributed by atoms with Crippen molar-refractivity contribution < 1.29 is 0 Å². The number of fused-ring (bicyclic) bond motifs is 1. The lowest BCUT2D eigenvalue weighted by atomic mass is 10.1. The average Bonchev–Trinajstić information content (AvgIpc) is 2.39. The number of nitriles is 1. The smallest absolute Gasteiger partial charge is 0.0997 e. The first-order valence-electron chi connectivity index (χ1n) is 4.11. The molecule has 0 aromatic heterocycles. The van der Waals surface area contributed by atoms with E-state index in [0.717, 1.165) is 22.0 Å². The van der Waals surface area contributed by atoms with Gasteiger partial charge in [-0.2, -0.15) is 5.26 Å². The van der Waals surface area contributed by atoms with Gasteiger partial charge in [-0.3, -0.25) is 0 Å². The van der Waals surface area contributed by atoms with Crippen LogP contribution in [-0.4, -0.2) is 0 Å². The molecule has 2 rings (SSSR count). The van der Waals surface area contributed by atoms with Gasteiger partial charge in [0.2, 0.25) is 0 Å². The molecule has 0 saturated heterocycles. The summed E-state index contributed by atoms with van der Waals surface area (Å²) in [5.74, 6) is 0. The molecule has 2 heteroatoms. The van der Waals surface area contributed by atoms with E-state index in [1.807, 2.05) is 19.1 Å². The normalized spacial score (nSPS) is 14.2. The van der Waals surface area contributed by atoms with Crippen molar-refractivity contribution in [1.82, 2.24) is 0 Å². The lowest BCUT2D eigenvalue weighted by molar-refractivity contribution is 1.19. The van der Waals surface area contributed by atoms with Gasteiger partial charge in [0.05, 0.1) is 11.6 Å². The minimum atomic E-state index is 0.850. The second-order valence-electron chi connectivity index (χ2n) is 3.25. The van der Waals surface area contributed by atoms with Crippen molar-refractivity contribution in [2.75, 3.05) is 0 Å². The van der Waals surface area contributed by atoms with Gasteiger partial charge in [0.15, 0.2) is 0 Å². The molecule has 0 bridgehead atoms. The summed E-state index contributed by atoms with van der Waals surface area (Å²) in [7, 11) is 0. The quantitative estimate of drug-likeness (QED) is 0.675. The van der Waals surface area contributed by atoms with Crippen molar-refractivity contribution in [1.29, 1.82) is 5.26 Å². The molecule has 1 aromatic rings. The van der Waals surface area contributed by atoms with Gasteiger partial charge in [0, 0.05) is 4.47 Å². The third-order valence-electron chi connectivity index (χ3n) is 2.33. The molecule has 0 aliphatic heterocycles. The van der Waals surface area contributed by atoms with Gasteiger partial charge in [0.1, 0.15) is 0 Å². The van der Waals surface area contributed by atoms with Crippen molar-refractivity contribution in [2.45, 2.75) is 13.3 Å². The molecule has 0 fully saturated rings. The largest absolute Gasteiger partial charge is 0.192 e. The van der Waals surface area contributed by atoms with Gasteiger partial charge in [-0.05, 0) is 36.6 Å². The molecule has 0 radical (unpaired) electrons. The first-order valence-corrected chi connectivity index (χ1v) is 4.90. The lowest BCUT2D eigenvalue weighted by Gasteiger charge is -1.98. The number of halogens is 1. The van der Waals surface area contributed by atoms with Crippen LogP contribution in [0.15, 0.2) is 28.2 Å². The Hall–Kier alpha value is -1.07. The van der Waals surface area contributed by atoms with Crippen LogP contribution in [-0.2, 0) is 6.42 Å². The van der Waals surface area contributed by atoms with Crippen LogP contribution in [0, 0.1) is 11.3 Å². The Bertz CT molecular complexity index is 438. The Morgan fingerprint density at radius 2 is 2.23 bits per heavy atom. The maximum Gasteiger partial charge on any atom is 0.0997 e. The highest BCUT2D eigenvalue weighted by Gasteiger charge is 2.18. The van der Waals surface area contributed by atoms with Crippen LogP contribution in [0.25, 0.3) is 5.57 Å². The Kier molecular flexibility index (Phi) is 1.97. The molecule has 0 saturated carbocycles. The summed E-state index contributed by atoms with van der Waals surface area (Å²) in [6, 6.07) is 8.33. The van der Waals surface area contributed by atoms with E-state index in [-0.39, 0.29) is 0 Å². The van der Waals surface area contributed by atoms with E-state index >= 15 is 0 Å². The summed E-state index contributed by atoms with van der Waals surface area (Å²) in [6.07, 6.45) is 0.914. The highest BCUT2D eigenvalue weighted by atomic mass is 79.9. The van der Waals surface area contributed by atoms with Crippen LogP contribution in [0.1, 0.15) is 18.1 Å². The second-order valence-corrected chi connectivity index (χ2v) is 4.16. The van der Waals surface area contributed by atoms with Crippen LogP contribution in [0.4, 0.5) is 0 Å². The number of benzene rings is 1. The first kappa shape index (κ1) is 8.52. The summed E-state index contributed by atoms with van der Waals surface area (Å²) in [6.45, 7) is 2.02. The van der Waals surface area contributed by atoms with Crippen LogP contribution in [0.2, 0.25) is 0 Å². The molecule has 0 heterocycles. The fraction of sp³-hybridized carbons (Fsp3) is 0.182. The number of hydrogen-bond donors (Lipinski definition) is 0. The summed E-state index contributed by atoms with van der Waals surface area (Å²) in [5.41, 5.74) is 4.38. The molecule has 0 amide bonds. The molecular weight excluding hydrogens is 226 g/mol. The topological polar surface area (TPSA) is 23.8 Å². The highest BCUT2D eigenvalue weighted by Crippen LogP contribution is 2.33. The van der Waals surface area contributed by atoms with Crippen molar-refractivity contribution in [3.63, 3.8) is 0 Å². The minimum Gasteiger partial charge on any atom is -0.192 e. The summed E-state index contributed by atoms with van der Waals surface area (Å²) >= 11 is 3.43. The number of allylic oxidation sites excluding steroid dienone is 2. The van der Waals surface area contributed by atoms with Crippen LogP contribution in [0.5, 0.6) is 0 Å². The van der Waals surface area contributed by atoms with Crippen molar-refractivity contribution >= 4 is 21.5 Å². The summed E-state index contributed by atoms with van der Waals surface area (Å²) < 4.78 is 1.08. The molecule has 0 atom stereocenters. The van der Waals surface area contributed by atoms with E-state index in [1.165, 1.54) is 11.1 Å². The third-order valence-corrected chi connectivity index (χ3v) is 2.82. The molecular formula is C11H8BrN. The highest BCUT2D eigenvalue weighted by molar-refractivity contribution is 9.10.